The van der Waals surface area contributed by atoms with Gasteiger partial charge in [-0.05, 0) is 37.5 Å². The van der Waals surface area contributed by atoms with Crippen LogP contribution in [0.15, 0.2) is 36.9 Å². The Morgan fingerprint density at radius 3 is 2.95 bits per heavy atom. The summed E-state index contributed by atoms with van der Waals surface area (Å²) in [5.41, 5.74) is 6.91. The number of halogens is 1. The van der Waals surface area contributed by atoms with Crippen molar-refractivity contribution in [3.8, 4) is 5.75 Å². The van der Waals surface area contributed by atoms with E-state index in [-0.39, 0.29) is 6.04 Å². The third-order valence-corrected chi connectivity index (χ3v) is 3.23. The molecule has 0 aliphatic heterocycles. The van der Waals surface area contributed by atoms with Gasteiger partial charge in [0, 0.05) is 25.0 Å². The van der Waals surface area contributed by atoms with Crippen LogP contribution in [0.2, 0.25) is 5.02 Å². The molecule has 0 saturated heterocycles. The maximum atomic E-state index is 6.21. The lowest BCUT2D eigenvalue weighted by molar-refractivity contribution is 0.302. The lowest BCUT2D eigenvalue weighted by atomic mass is 10.1. The molecule has 0 fully saturated rings. The zero-order valence-corrected chi connectivity index (χ0v) is 12.4. The Kier molecular flexibility index (Phi) is 5.44. The van der Waals surface area contributed by atoms with Gasteiger partial charge in [0.15, 0.2) is 0 Å². The Bertz CT molecular complexity index is 526. The quantitative estimate of drug-likeness (QED) is 0.799. The fraction of sp³-hybridized carbons (Fsp3) is 0.400. The first-order valence-electron chi connectivity index (χ1n) is 6.77. The molecule has 5 heteroatoms. The van der Waals surface area contributed by atoms with Crippen molar-refractivity contribution >= 4 is 11.6 Å². The number of aromatic nitrogens is 2. The van der Waals surface area contributed by atoms with E-state index in [9.17, 15) is 0 Å². The number of imidazole rings is 1. The molecule has 0 amide bonds. The van der Waals surface area contributed by atoms with E-state index in [1.807, 2.05) is 35.9 Å². The van der Waals surface area contributed by atoms with Gasteiger partial charge < -0.3 is 15.0 Å². The highest BCUT2D eigenvalue weighted by Crippen LogP contribution is 2.26. The SMILES string of the molecule is CC(N)Cc1ccc(OCCCn2ccnc2)c(Cl)c1. The molecule has 0 aliphatic rings. The van der Waals surface area contributed by atoms with Gasteiger partial charge in [-0.3, -0.25) is 0 Å². The van der Waals surface area contributed by atoms with Crippen LogP contribution in [0.4, 0.5) is 0 Å². The zero-order valence-electron chi connectivity index (χ0n) is 11.6. The summed E-state index contributed by atoms with van der Waals surface area (Å²) in [5.74, 6) is 0.728. The summed E-state index contributed by atoms with van der Waals surface area (Å²) < 4.78 is 7.72. The minimum atomic E-state index is 0.132. The first kappa shape index (κ1) is 14.9. The molecule has 108 valence electrons. The van der Waals surface area contributed by atoms with Gasteiger partial charge in [0.25, 0.3) is 0 Å². The predicted octanol–water partition coefficient (Wildman–Crippen LogP) is 2.90. The molecule has 1 aromatic heterocycles. The Morgan fingerprint density at radius 1 is 1.45 bits per heavy atom. The minimum Gasteiger partial charge on any atom is -0.492 e. The molecule has 20 heavy (non-hydrogen) atoms. The number of aryl methyl sites for hydroxylation is 1. The Hall–Kier alpha value is -1.52. The molecular weight excluding hydrogens is 274 g/mol. The Balaban J connectivity index is 1.80. The van der Waals surface area contributed by atoms with Crippen molar-refractivity contribution in [3.05, 3.63) is 47.5 Å². The number of nitrogens with zero attached hydrogens (tertiary/aromatic N) is 2. The van der Waals surface area contributed by atoms with Crippen LogP contribution < -0.4 is 10.5 Å². The lowest BCUT2D eigenvalue weighted by Gasteiger charge is -2.11. The fourth-order valence-corrected chi connectivity index (χ4v) is 2.27. The Labute approximate surface area is 124 Å². The predicted molar refractivity (Wildman–Crippen MR) is 81.1 cm³/mol. The van der Waals surface area contributed by atoms with Crippen LogP contribution in [0.1, 0.15) is 18.9 Å². The average molecular weight is 294 g/mol. The number of ether oxygens (including phenoxy) is 1. The van der Waals surface area contributed by atoms with Gasteiger partial charge in [0.05, 0.1) is 18.0 Å². The van der Waals surface area contributed by atoms with E-state index in [0.29, 0.717) is 11.6 Å². The summed E-state index contributed by atoms with van der Waals surface area (Å²) in [4.78, 5) is 4.00. The van der Waals surface area contributed by atoms with Gasteiger partial charge >= 0.3 is 0 Å². The van der Waals surface area contributed by atoms with Gasteiger partial charge in [-0.15, -0.1) is 0 Å². The van der Waals surface area contributed by atoms with E-state index in [2.05, 4.69) is 4.98 Å². The molecule has 0 radical (unpaired) electrons. The van der Waals surface area contributed by atoms with Crippen molar-refractivity contribution in [3.63, 3.8) is 0 Å². The number of nitrogens with two attached hydrogens (primary N) is 1. The van der Waals surface area contributed by atoms with Crippen LogP contribution in [0, 0.1) is 0 Å². The molecule has 2 N–H and O–H groups in total. The lowest BCUT2D eigenvalue weighted by Crippen LogP contribution is -2.17. The molecule has 0 bridgehead atoms. The van der Waals surface area contributed by atoms with Crippen molar-refractivity contribution < 1.29 is 4.74 Å². The van der Waals surface area contributed by atoms with E-state index < -0.39 is 0 Å². The summed E-state index contributed by atoms with van der Waals surface area (Å²) in [6, 6.07) is 5.99. The molecule has 1 aromatic carbocycles. The molecule has 4 nitrogen and oxygen atoms in total. The maximum absolute atomic E-state index is 6.21. The van der Waals surface area contributed by atoms with Crippen molar-refractivity contribution in [1.82, 2.24) is 9.55 Å². The molecular formula is C15H20ClN3O. The smallest absolute Gasteiger partial charge is 0.137 e. The molecule has 1 heterocycles. The largest absolute Gasteiger partial charge is 0.492 e. The highest BCUT2D eigenvalue weighted by Gasteiger charge is 2.05. The van der Waals surface area contributed by atoms with Crippen molar-refractivity contribution in [1.29, 1.82) is 0 Å². The van der Waals surface area contributed by atoms with Gasteiger partial charge in [0.1, 0.15) is 5.75 Å². The first-order chi connectivity index (χ1) is 9.65. The average Bonchev–Trinajstić information content (AvgIpc) is 2.89. The number of benzene rings is 1. The number of rotatable bonds is 7. The molecule has 2 rings (SSSR count). The molecule has 1 unspecified atom stereocenters. The van der Waals surface area contributed by atoms with E-state index >= 15 is 0 Å². The number of hydrogen-bond donors (Lipinski definition) is 1. The molecule has 1 atom stereocenters. The zero-order chi connectivity index (χ0) is 14.4. The van der Waals surface area contributed by atoms with Crippen LogP contribution in [-0.2, 0) is 13.0 Å². The second kappa shape index (κ2) is 7.31. The van der Waals surface area contributed by atoms with Gasteiger partial charge in [-0.2, -0.15) is 0 Å². The molecule has 0 spiro atoms. The fourth-order valence-electron chi connectivity index (χ4n) is 2.01. The van der Waals surface area contributed by atoms with Gasteiger partial charge in [0.2, 0.25) is 0 Å². The number of hydrogen-bond acceptors (Lipinski definition) is 3. The minimum absolute atomic E-state index is 0.132. The van der Waals surface area contributed by atoms with Gasteiger partial charge in [-0.25, -0.2) is 4.98 Å². The van der Waals surface area contributed by atoms with Crippen LogP contribution >= 0.6 is 11.6 Å². The Morgan fingerprint density at radius 2 is 2.30 bits per heavy atom. The summed E-state index contributed by atoms with van der Waals surface area (Å²) in [7, 11) is 0. The molecule has 2 aromatic rings. The monoisotopic (exact) mass is 293 g/mol. The topological polar surface area (TPSA) is 53.1 Å². The van der Waals surface area contributed by atoms with Crippen molar-refractivity contribution in [2.75, 3.05) is 6.61 Å². The van der Waals surface area contributed by atoms with E-state index in [1.54, 1.807) is 12.5 Å². The van der Waals surface area contributed by atoms with Crippen LogP contribution in [0.5, 0.6) is 5.75 Å². The van der Waals surface area contributed by atoms with E-state index in [4.69, 9.17) is 22.1 Å². The molecule has 0 saturated carbocycles. The highest BCUT2D eigenvalue weighted by molar-refractivity contribution is 6.32. The maximum Gasteiger partial charge on any atom is 0.137 e. The van der Waals surface area contributed by atoms with Crippen LogP contribution in [0.3, 0.4) is 0 Å². The van der Waals surface area contributed by atoms with E-state index in [0.717, 1.165) is 30.7 Å². The van der Waals surface area contributed by atoms with Crippen molar-refractivity contribution in [2.45, 2.75) is 32.4 Å². The standard InChI is InChI=1S/C15H20ClN3O/c1-12(17)9-13-3-4-15(14(16)10-13)20-8-2-6-19-7-5-18-11-19/h3-5,7,10-12H,2,6,8-9,17H2,1H3. The summed E-state index contributed by atoms with van der Waals surface area (Å²) in [5, 5.41) is 0.644. The van der Waals surface area contributed by atoms with Gasteiger partial charge in [-0.1, -0.05) is 17.7 Å². The summed E-state index contributed by atoms with van der Waals surface area (Å²) in [6.45, 7) is 3.50. The van der Waals surface area contributed by atoms with Crippen LogP contribution in [0.25, 0.3) is 0 Å². The van der Waals surface area contributed by atoms with Crippen LogP contribution in [-0.4, -0.2) is 22.2 Å². The second-order valence-corrected chi connectivity index (χ2v) is 5.36. The van der Waals surface area contributed by atoms with Crippen molar-refractivity contribution in [2.24, 2.45) is 5.73 Å². The van der Waals surface area contributed by atoms with E-state index in [1.165, 1.54) is 0 Å². The first-order valence-corrected chi connectivity index (χ1v) is 7.15. The molecule has 0 aliphatic carbocycles. The normalized spacial score (nSPS) is 12.3. The highest BCUT2D eigenvalue weighted by atomic mass is 35.5. The second-order valence-electron chi connectivity index (χ2n) is 4.95. The summed E-state index contributed by atoms with van der Waals surface area (Å²) >= 11 is 6.21. The third-order valence-electron chi connectivity index (χ3n) is 2.93. The summed E-state index contributed by atoms with van der Waals surface area (Å²) in [6.07, 6.45) is 7.25. The third kappa shape index (κ3) is 4.54.